The van der Waals surface area contributed by atoms with Crippen LogP contribution in [0, 0.1) is 0 Å². The van der Waals surface area contributed by atoms with E-state index in [0.717, 1.165) is 0 Å². The van der Waals surface area contributed by atoms with Crippen molar-refractivity contribution in [3.63, 3.8) is 0 Å². The van der Waals surface area contributed by atoms with Crippen LogP contribution in [0.5, 0.6) is 0 Å². The van der Waals surface area contributed by atoms with E-state index < -0.39 is 19.1 Å². The number of hydrogen-bond acceptors (Lipinski definition) is 3. The van der Waals surface area contributed by atoms with Crippen molar-refractivity contribution in [1.82, 2.24) is 5.32 Å². The Morgan fingerprint density at radius 3 is 2.46 bits per heavy atom. The van der Waals surface area contributed by atoms with Crippen LogP contribution in [-0.2, 0) is 4.74 Å². The molecule has 2 N–H and O–H groups in total. The first-order chi connectivity index (χ1) is 5.92. The molecule has 1 unspecified atom stereocenters. The zero-order valence-corrected chi connectivity index (χ0v) is 7.40. The number of aliphatic hydroxyl groups excluding tert-OH is 1. The van der Waals surface area contributed by atoms with Crippen molar-refractivity contribution < 1.29 is 23.0 Å². The van der Waals surface area contributed by atoms with Crippen LogP contribution in [0.3, 0.4) is 0 Å². The van der Waals surface area contributed by atoms with Crippen molar-refractivity contribution in [2.45, 2.75) is 25.8 Å². The van der Waals surface area contributed by atoms with Crippen LogP contribution in [0.1, 0.15) is 13.3 Å². The summed E-state index contributed by atoms with van der Waals surface area (Å²) in [5, 5.41) is 11.5. The minimum absolute atomic E-state index is 0.131. The molecule has 0 fully saturated rings. The van der Waals surface area contributed by atoms with Gasteiger partial charge in [0.1, 0.15) is 0 Å². The van der Waals surface area contributed by atoms with Crippen molar-refractivity contribution in [3.05, 3.63) is 0 Å². The van der Waals surface area contributed by atoms with E-state index in [1.54, 1.807) is 6.92 Å². The van der Waals surface area contributed by atoms with Gasteiger partial charge in [0.15, 0.2) is 0 Å². The zero-order valence-electron chi connectivity index (χ0n) is 7.40. The third-order valence-electron chi connectivity index (χ3n) is 1.28. The van der Waals surface area contributed by atoms with E-state index in [-0.39, 0.29) is 6.54 Å². The maximum atomic E-state index is 11.4. The molecule has 0 saturated carbocycles. The molecule has 0 aliphatic rings. The topological polar surface area (TPSA) is 41.5 Å². The number of ether oxygens (including phenoxy) is 1. The first-order valence-electron chi connectivity index (χ1n) is 4.01. The maximum absolute atomic E-state index is 11.4. The molecule has 1 atom stereocenters. The van der Waals surface area contributed by atoms with Crippen molar-refractivity contribution >= 4 is 0 Å². The van der Waals surface area contributed by atoms with Gasteiger partial charge in [0, 0.05) is 6.54 Å². The van der Waals surface area contributed by atoms with Crippen LogP contribution in [0.25, 0.3) is 0 Å². The highest BCUT2D eigenvalue weighted by Crippen LogP contribution is 2.14. The lowest BCUT2D eigenvalue weighted by atomic mass is 10.3. The number of rotatable bonds is 6. The molecule has 6 heteroatoms. The van der Waals surface area contributed by atoms with Crippen LogP contribution in [0.2, 0.25) is 0 Å². The van der Waals surface area contributed by atoms with Gasteiger partial charge < -0.3 is 10.4 Å². The fraction of sp³-hybridized carbons (Fsp3) is 1.00. The maximum Gasteiger partial charge on any atom is 0.522 e. The molecule has 0 bridgehead atoms. The van der Waals surface area contributed by atoms with Gasteiger partial charge in [-0.1, -0.05) is 0 Å². The van der Waals surface area contributed by atoms with Crippen LogP contribution < -0.4 is 5.32 Å². The summed E-state index contributed by atoms with van der Waals surface area (Å²) in [6.45, 7) is 1.84. The van der Waals surface area contributed by atoms with Crippen LogP contribution in [0.15, 0.2) is 0 Å². The predicted molar refractivity (Wildman–Crippen MR) is 41.2 cm³/mol. The van der Waals surface area contributed by atoms with Gasteiger partial charge in [0.2, 0.25) is 0 Å². The summed E-state index contributed by atoms with van der Waals surface area (Å²) >= 11 is 0. The molecule has 0 spiro atoms. The first kappa shape index (κ1) is 12.7. The predicted octanol–water partition coefficient (Wildman–Crippen LogP) is 0.883. The minimum atomic E-state index is -4.55. The van der Waals surface area contributed by atoms with Crippen LogP contribution in [0.4, 0.5) is 13.2 Å². The Bertz CT molecular complexity index is 127. The summed E-state index contributed by atoms with van der Waals surface area (Å²) in [6, 6.07) is 0. The van der Waals surface area contributed by atoms with E-state index in [0.29, 0.717) is 13.0 Å². The molecule has 3 nitrogen and oxygen atoms in total. The normalized spacial score (nSPS) is 14.5. The lowest BCUT2D eigenvalue weighted by Gasteiger charge is -2.08. The van der Waals surface area contributed by atoms with Gasteiger partial charge in [-0.2, -0.15) is 0 Å². The average Bonchev–Trinajstić information content (AvgIpc) is 1.93. The molecule has 13 heavy (non-hydrogen) atoms. The fourth-order valence-electron chi connectivity index (χ4n) is 0.675. The van der Waals surface area contributed by atoms with E-state index >= 15 is 0 Å². The summed E-state index contributed by atoms with van der Waals surface area (Å²) < 4.78 is 37.7. The van der Waals surface area contributed by atoms with Gasteiger partial charge in [0.05, 0.1) is 12.7 Å². The van der Waals surface area contributed by atoms with Gasteiger partial charge in [-0.3, -0.25) is 4.74 Å². The monoisotopic (exact) mass is 201 g/mol. The lowest BCUT2D eigenvalue weighted by Crippen LogP contribution is -2.26. The largest absolute Gasteiger partial charge is 0.522 e. The molecule has 0 aliphatic heterocycles. The number of halogens is 3. The molecule has 0 aromatic rings. The van der Waals surface area contributed by atoms with Gasteiger partial charge in [-0.15, -0.1) is 13.2 Å². The Hall–Kier alpha value is -0.330. The SMILES string of the molecule is CC(O)CCNCCOC(F)(F)F. The molecular formula is C7H14F3NO2. The number of aliphatic hydroxyl groups is 1. The molecule has 80 valence electrons. The number of nitrogens with one attached hydrogen (secondary N) is 1. The van der Waals surface area contributed by atoms with Crippen LogP contribution in [-0.4, -0.2) is 37.3 Å². The molecule has 0 radical (unpaired) electrons. The molecule has 0 rings (SSSR count). The molecule has 0 saturated heterocycles. The highest BCUT2D eigenvalue weighted by atomic mass is 19.4. The van der Waals surface area contributed by atoms with Crippen molar-refractivity contribution in [3.8, 4) is 0 Å². The average molecular weight is 201 g/mol. The number of alkyl halides is 3. The summed E-state index contributed by atoms with van der Waals surface area (Å²) in [5.74, 6) is 0. The molecule has 0 aromatic carbocycles. The molecule has 0 heterocycles. The second kappa shape index (κ2) is 6.17. The molecular weight excluding hydrogens is 187 g/mol. The summed E-state index contributed by atoms with van der Waals surface area (Å²) in [4.78, 5) is 0. The fourth-order valence-corrected chi connectivity index (χ4v) is 0.675. The first-order valence-corrected chi connectivity index (χ1v) is 4.01. The second-order valence-electron chi connectivity index (χ2n) is 2.68. The summed E-state index contributed by atoms with van der Waals surface area (Å²) in [5.41, 5.74) is 0. The van der Waals surface area contributed by atoms with E-state index in [2.05, 4.69) is 10.1 Å². The molecule has 0 amide bonds. The summed E-state index contributed by atoms with van der Waals surface area (Å²) in [6.07, 6.45) is -4.46. The third-order valence-corrected chi connectivity index (χ3v) is 1.28. The van der Waals surface area contributed by atoms with E-state index in [1.807, 2.05) is 0 Å². The Morgan fingerprint density at radius 2 is 2.00 bits per heavy atom. The lowest BCUT2D eigenvalue weighted by molar-refractivity contribution is -0.323. The van der Waals surface area contributed by atoms with Gasteiger partial charge in [-0.25, -0.2) is 0 Å². The number of hydrogen-bond donors (Lipinski definition) is 2. The van der Waals surface area contributed by atoms with Crippen molar-refractivity contribution in [2.75, 3.05) is 19.7 Å². The van der Waals surface area contributed by atoms with E-state index in [9.17, 15) is 13.2 Å². The third kappa shape index (κ3) is 11.7. The highest BCUT2D eigenvalue weighted by molar-refractivity contribution is 4.51. The Kier molecular flexibility index (Phi) is 6.02. The van der Waals surface area contributed by atoms with E-state index in [1.165, 1.54) is 0 Å². The Labute approximate surface area is 74.9 Å². The second-order valence-corrected chi connectivity index (χ2v) is 2.68. The van der Waals surface area contributed by atoms with E-state index in [4.69, 9.17) is 5.11 Å². The zero-order chi connectivity index (χ0) is 10.3. The van der Waals surface area contributed by atoms with Crippen molar-refractivity contribution in [2.24, 2.45) is 0 Å². The summed E-state index contributed by atoms with van der Waals surface area (Å²) in [7, 11) is 0. The Balaban J connectivity index is 3.09. The molecule has 0 aliphatic carbocycles. The standard InChI is InChI=1S/C7H14F3NO2/c1-6(12)2-3-11-4-5-13-7(8,9)10/h6,11-12H,2-5H2,1H3. The molecule has 0 aromatic heterocycles. The Morgan fingerprint density at radius 1 is 1.38 bits per heavy atom. The van der Waals surface area contributed by atoms with Crippen molar-refractivity contribution in [1.29, 1.82) is 0 Å². The smallest absolute Gasteiger partial charge is 0.393 e. The highest BCUT2D eigenvalue weighted by Gasteiger charge is 2.28. The minimum Gasteiger partial charge on any atom is -0.393 e. The van der Waals surface area contributed by atoms with Gasteiger partial charge in [-0.05, 0) is 19.9 Å². The van der Waals surface area contributed by atoms with Gasteiger partial charge >= 0.3 is 6.36 Å². The van der Waals surface area contributed by atoms with Gasteiger partial charge in [0.25, 0.3) is 0 Å². The van der Waals surface area contributed by atoms with Crippen LogP contribution >= 0.6 is 0 Å². The quantitative estimate of drug-likeness (QED) is 0.627.